The van der Waals surface area contributed by atoms with Crippen molar-refractivity contribution in [2.24, 2.45) is 0 Å². The highest BCUT2D eigenvalue weighted by atomic mass is 35.5. The van der Waals surface area contributed by atoms with Gasteiger partial charge in [-0.2, -0.15) is 0 Å². The van der Waals surface area contributed by atoms with E-state index in [0.717, 1.165) is 16.1 Å². The van der Waals surface area contributed by atoms with Crippen LogP contribution in [0.1, 0.15) is 21.5 Å². The van der Waals surface area contributed by atoms with Crippen LogP contribution in [0.4, 0.5) is 0 Å². The lowest BCUT2D eigenvalue weighted by molar-refractivity contribution is 1.11. The predicted octanol–water partition coefficient (Wildman–Crippen LogP) is 4.93. The van der Waals surface area contributed by atoms with Gasteiger partial charge in [-0.1, -0.05) is 42.5 Å². The molecule has 3 heteroatoms. The summed E-state index contributed by atoms with van der Waals surface area (Å²) in [6.07, 6.45) is 0. The molecule has 1 heterocycles. The molecule has 1 atom stereocenters. The fraction of sp³-hybridized carbons (Fsp3) is 0.133. The van der Waals surface area contributed by atoms with E-state index < -0.39 is 0 Å². The summed E-state index contributed by atoms with van der Waals surface area (Å²) in [6.45, 7) is 2.08. The smallest absolute Gasteiger partial charge is 0.116 e. The number of fused-ring (bicyclic) bond motifs is 1. The average molecular weight is 274 g/mol. The molecule has 0 aliphatic rings. The second-order valence-electron chi connectivity index (χ2n) is 4.25. The molecular weight excluding hydrogens is 262 g/mol. The highest BCUT2D eigenvalue weighted by molar-refractivity contribution is 7.18. The van der Waals surface area contributed by atoms with Gasteiger partial charge in [-0.05, 0) is 24.1 Å². The minimum Gasteiger partial charge on any atom is -0.239 e. The van der Waals surface area contributed by atoms with Crippen LogP contribution in [0.2, 0.25) is 0 Å². The predicted molar refractivity (Wildman–Crippen MR) is 78.5 cm³/mol. The zero-order valence-corrected chi connectivity index (χ0v) is 11.5. The molecule has 0 fully saturated rings. The first-order valence-corrected chi connectivity index (χ1v) is 7.06. The van der Waals surface area contributed by atoms with Crippen LogP contribution in [-0.4, -0.2) is 4.98 Å². The Morgan fingerprint density at radius 3 is 2.56 bits per heavy atom. The highest BCUT2D eigenvalue weighted by Crippen LogP contribution is 2.35. The van der Waals surface area contributed by atoms with Gasteiger partial charge in [-0.3, -0.25) is 0 Å². The molecule has 0 saturated carbocycles. The molecule has 18 heavy (non-hydrogen) atoms. The molecule has 1 aromatic heterocycles. The Morgan fingerprint density at radius 2 is 1.83 bits per heavy atom. The van der Waals surface area contributed by atoms with Gasteiger partial charge in [0.2, 0.25) is 0 Å². The number of nitrogens with zero attached hydrogens (tertiary/aromatic N) is 1. The first kappa shape index (κ1) is 11.7. The number of rotatable bonds is 2. The monoisotopic (exact) mass is 273 g/mol. The molecule has 0 spiro atoms. The molecule has 0 radical (unpaired) electrons. The number of thiazole rings is 1. The van der Waals surface area contributed by atoms with Gasteiger partial charge in [0.15, 0.2) is 0 Å². The van der Waals surface area contributed by atoms with Crippen molar-refractivity contribution in [2.75, 3.05) is 0 Å². The zero-order chi connectivity index (χ0) is 12.5. The van der Waals surface area contributed by atoms with Crippen LogP contribution in [0.5, 0.6) is 0 Å². The minimum atomic E-state index is -0.164. The Kier molecular flexibility index (Phi) is 3.06. The van der Waals surface area contributed by atoms with Crippen LogP contribution < -0.4 is 0 Å². The number of para-hydroxylation sites is 1. The van der Waals surface area contributed by atoms with E-state index in [1.165, 1.54) is 10.3 Å². The first-order valence-electron chi connectivity index (χ1n) is 5.81. The summed E-state index contributed by atoms with van der Waals surface area (Å²) in [5.41, 5.74) is 3.36. The van der Waals surface area contributed by atoms with Crippen molar-refractivity contribution in [2.45, 2.75) is 12.3 Å². The Bertz CT molecular complexity index is 675. The molecule has 0 amide bonds. The van der Waals surface area contributed by atoms with Gasteiger partial charge in [-0.15, -0.1) is 22.9 Å². The summed E-state index contributed by atoms with van der Waals surface area (Å²) in [4.78, 5) is 4.68. The van der Waals surface area contributed by atoms with E-state index >= 15 is 0 Å². The lowest BCUT2D eigenvalue weighted by Crippen LogP contribution is -1.91. The molecule has 3 aromatic rings. The second kappa shape index (κ2) is 4.71. The van der Waals surface area contributed by atoms with Gasteiger partial charge in [-0.25, -0.2) is 4.98 Å². The fourth-order valence-corrected chi connectivity index (χ4v) is 3.36. The number of hydrogen-bond acceptors (Lipinski definition) is 2. The van der Waals surface area contributed by atoms with Crippen molar-refractivity contribution in [3.8, 4) is 0 Å². The third-order valence-corrected chi connectivity index (χ3v) is 4.62. The molecule has 0 aliphatic heterocycles. The van der Waals surface area contributed by atoms with Crippen LogP contribution >= 0.6 is 22.9 Å². The Morgan fingerprint density at radius 1 is 1.06 bits per heavy atom. The van der Waals surface area contributed by atoms with E-state index in [4.69, 9.17) is 11.6 Å². The van der Waals surface area contributed by atoms with Crippen molar-refractivity contribution < 1.29 is 0 Å². The van der Waals surface area contributed by atoms with Crippen LogP contribution in [0.15, 0.2) is 48.5 Å². The van der Waals surface area contributed by atoms with Crippen LogP contribution in [0, 0.1) is 6.92 Å². The third kappa shape index (κ3) is 2.02. The van der Waals surface area contributed by atoms with Crippen molar-refractivity contribution in [3.05, 3.63) is 64.7 Å². The minimum absolute atomic E-state index is 0.164. The average Bonchev–Trinajstić information content (AvgIpc) is 2.84. The van der Waals surface area contributed by atoms with E-state index in [1.54, 1.807) is 11.3 Å². The number of aromatic nitrogens is 1. The van der Waals surface area contributed by atoms with Gasteiger partial charge in [0.1, 0.15) is 10.4 Å². The summed E-state index contributed by atoms with van der Waals surface area (Å²) < 4.78 is 1.20. The zero-order valence-electron chi connectivity index (χ0n) is 9.93. The number of aryl methyl sites for hydroxylation is 1. The van der Waals surface area contributed by atoms with Gasteiger partial charge < -0.3 is 0 Å². The summed E-state index contributed by atoms with van der Waals surface area (Å²) in [6, 6.07) is 16.3. The maximum atomic E-state index is 6.50. The molecule has 0 N–H and O–H groups in total. The van der Waals surface area contributed by atoms with Crippen molar-refractivity contribution in [1.29, 1.82) is 0 Å². The van der Waals surface area contributed by atoms with Crippen LogP contribution in [-0.2, 0) is 0 Å². The van der Waals surface area contributed by atoms with Crippen molar-refractivity contribution >= 4 is 33.2 Å². The molecule has 0 bridgehead atoms. The van der Waals surface area contributed by atoms with E-state index in [9.17, 15) is 0 Å². The fourth-order valence-electron chi connectivity index (χ4n) is 1.98. The normalized spacial score (nSPS) is 12.8. The van der Waals surface area contributed by atoms with Crippen molar-refractivity contribution in [3.63, 3.8) is 0 Å². The van der Waals surface area contributed by atoms with Crippen LogP contribution in [0.25, 0.3) is 10.2 Å². The summed E-state index contributed by atoms with van der Waals surface area (Å²) in [5, 5.41) is 0.801. The van der Waals surface area contributed by atoms with Gasteiger partial charge in [0.25, 0.3) is 0 Å². The largest absolute Gasteiger partial charge is 0.239 e. The molecule has 2 aromatic carbocycles. The lowest BCUT2D eigenvalue weighted by atomic mass is 10.1. The van der Waals surface area contributed by atoms with Gasteiger partial charge >= 0.3 is 0 Å². The van der Waals surface area contributed by atoms with E-state index in [2.05, 4.69) is 30.1 Å². The number of hydrogen-bond donors (Lipinski definition) is 0. The third-order valence-electron chi connectivity index (χ3n) is 2.95. The maximum Gasteiger partial charge on any atom is 0.116 e. The second-order valence-corrected chi connectivity index (χ2v) is 5.75. The Labute approximate surface area is 115 Å². The Balaban J connectivity index is 2.07. The molecule has 0 saturated heterocycles. The van der Waals surface area contributed by atoms with E-state index in [-0.39, 0.29) is 5.38 Å². The molecule has 90 valence electrons. The topological polar surface area (TPSA) is 12.9 Å². The van der Waals surface area contributed by atoms with Gasteiger partial charge in [0.05, 0.1) is 10.2 Å². The molecular formula is C15H12ClNS. The number of halogens is 1. The standard InChI is InChI=1S/C15H12ClNS/c1-10-6-5-9-12-14(10)17-15(18-12)13(16)11-7-3-2-4-8-11/h2-9,13H,1H3. The molecule has 1 nitrogen and oxygen atoms in total. The van der Waals surface area contributed by atoms with E-state index in [0.29, 0.717) is 0 Å². The molecule has 3 rings (SSSR count). The number of benzene rings is 2. The van der Waals surface area contributed by atoms with Crippen molar-refractivity contribution in [1.82, 2.24) is 4.98 Å². The molecule has 1 unspecified atom stereocenters. The summed E-state index contributed by atoms with van der Waals surface area (Å²) in [5.74, 6) is 0. The van der Waals surface area contributed by atoms with E-state index in [1.807, 2.05) is 30.3 Å². The van der Waals surface area contributed by atoms with Crippen LogP contribution in [0.3, 0.4) is 0 Å². The van der Waals surface area contributed by atoms with Gasteiger partial charge in [0, 0.05) is 0 Å². The SMILES string of the molecule is Cc1cccc2sc(C(Cl)c3ccccc3)nc12. The summed E-state index contributed by atoms with van der Waals surface area (Å²) in [7, 11) is 0. The highest BCUT2D eigenvalue weighted by Gasteiger charge is 2.15. The lowest BCUT2D eigenvalue weighted by Gasteiger charge is -2.05. The molecule has 0 aliphatic carbocycles. The first-order chi connectivity index (χ1) is 8.75. The number of alkyl halides is 1. The Hall–Kier alpha value is -1.38. The summed E-state index contributed by atoms with van der Waals surface area (Å²) >= 11 is 8.17. The quantitative estimate of drug-likeness (QED) is 0.603. The maximum absolute atomic E-state index is 6.50.